The summed E-state index contributed by atoms with van der Waals surface area (Å²) in [5.74, 6) is 1.30. The lowest BCUT2D eigenvalue weighted by molar-refractivity contribution is -0.174. The van der Waals surface area contributed by atoms with Gasteiger partial charge < -0.3 is 19.4 Å². The number of aromatic nitrogens is 2. The maximum absolute atomic E-state index is 12.6. The third-order valence-electron chi connectivity index (χ3n) is 5.73. The van der Waals surface area contributed by atoms with Crippen molar-refractivity contribution < 1.29 is 19.1 Å². The summed E-state index contributed by atoms with van der Waals surface area (Å²) in [5.41, 5.74) is -0.561. The van der Waals surface area contributed by atoms with Crippen molar-refractivity contribution in [2.45, 2.75) is 50.9 Å². The number of carbonyl (C=O) groups excluding carboxylic acids is 2. The van der Waals surface area contributed by atoms with E-state index in [1.54, 1.807) is 6.20 Å². The molecule has 0 unspecified atom stereocenters. The Morgan fingerprint density at radius 3 is 2.85 bits per heavy atom. The molecule has 8 nitrogen and oxygen atoms in total. The Hall–Kier alpha value is -1.93. The second-order valence-corrected chi connectivity index (χ2v) is 7.77. The number of piperidine rings is 1. The van der Waals surface area contributed by atoms with Gasteiger partial charge in [-0.15, -0.1) is 0 Å². The van der Waals surface area contributed by atoms with Gasteiger partial charge in [0.1, 0.15) is 11.4 Å². The molecular formula is C19H28N4O4. The Labute approximate surface area is 159 Å². The highest BCUT2D eigenvalue weighted by Gasteiger charge is 2.47. The average molecular weight is 376 g/mol. The quantitative estimate of drug-likeness (QED) is 0.735. The molecule has 8 heteroatoms. The molecule has 0 radical (unpaired) electrons. The molecule has 1 N–H and O–H groups in total. The fourth-order valence-electron chi connectivity index (χ4n) is 4.02. The number of fused-ring (bicyclic) bond motifs is 2. The summed E-state index contributed by atoms with van der Waals surface area (Å²) in [6.45, 7) is 5.17. The van der Waals surface area contributed by atoms with E-state index in [-0.39, 0.29) is 11.9 Å². The highest BCUT2D eigenvalue weighted by molar-refractivity contribution is 5.81. The van der Waals surface area contributed by atoms with E-state index in [0.717, 1.165) is 12.4 Å². The van der Waals surface area contributed by atoms with E-state index in [2.05, 4.69) is 15.2 Å². The minimum absolute atomic E-state index is 0.0328. The van der Waals surface area contributed by atoms with Gasteiger partial charge in [-0.25, -0.2) is 4.98 Å². The maximum atomic E-state index is 12.6. The summed E-state index contributed by atoms with van der Waals surface area (Å²) >= 11 is 0. The minimum atomic E-state index is -0.561. The molecule has 1 aromatic heterocycles. The molecule has 1 saturated carbocycles. The van der Waals surface area contributed by atoms with E-state index in [9.17, 15) is 9.59 Å². The molecule has 1 amide bonds. The molecule has 1 aromatic rings. The summed E-state index contributed by atoms with van der Waals surface area (Å²) in [6.07, 6.45) is 7.02. The summed E-state index contributed by atoms with van der Waals surface area (Å²) in [6, 6.07) is 0. The lowest BCUT2D eigenvalue weighted by Gasteiger charge is -2.45. The van der Waals surface area contributed by atoms with Crippen LogP contribution in [0.4, 0.5) is 0 Å². The van der Waals surface area contributed by atoms with Crippen LogP contribution in [0.1, 0.15) is 38.4 Å². The van der Waals surface area contributed by atoms with E-state index in [4.69, 9.17) is 9.47 Å². The molecule has 1 aliphatic carbocycles. The molecule has 4 rings (SSSR count). The first-order valence-corrected chi connectivity index (χ1v) is 9.95. The van der Waals surface area contributed by atoms with Gasteiger partial charge in [0.2, 0.25) is 0 Å². The van der Waals surface area contributed by atoms with Crippen LogP contribution in [-0.4, -0.2) is 65.2 Å². The van der Waals surface area contributed by atoms with Crippen molar-refractivity contribution in [3.05, 3.63) is 18.2 Å². The number of imidazole rings is 1. The standard InChI is InChI=1S/C19H28N4O4/c1-2-26-16(24)13-22-8-5-19(6-9-22)18-20-7-10-23(18)12-15(27-19)17(25)21-11-14-3-4-14/h7,10,14-15H,2-6,8-9,11-13H2,1H3,(H,21,25)/t15-/m0/s1. The zero-order valence-corrected chi connectivity index (χ0v) is 15.9. The highest BCUT2D eigenvalue weighted by Crippen LogP contribution is 2.40. The van der Waals surface area contributed by atoms with Gasteiger partial charge in [-0.2, -0.15) is 0 Å². The molecule has 0 bridgehead atoms. The second-order valence-electron chi connectivity index (χ2n) is 7.77. The predicted molar refractivity (Wildman–Crippen MR) is 96.8 cm³/mol. The fraction of sp³-hybridized carbons (Fsp3) is 0.737. The van der Waals surface area contributed by atoms with Crippen molar-refractivity contribution >= 4 is 11.9 Å². The molecule has 1 atom stereocenters. The van der Waals surface area contributed by atoms with Gasteiger partial charge in [0.15, 0.2) is 6.10 Å². The number of rotatable bonds is 6. The van der Waals surface area contributed by atoms with E-state index in [1.807, 2.05) is 17.7 Å². The van der Waals surface area contributed by atoms with Gasteiger partial charge in [0.05, 0.1) is 19.7 Å². The van der Waals surface area contributed by atoms with Crippen LogP contribution in [0.3, 0.4) is 0 Å². The van der Waals surface area contributed by atoms with Gasteiger partial charge in [-0.1, -0.05) is 0 Å². The van der Waals surface area contributed by atoms with E-state index in [0.29, 0.717) is 51.5 Å². The van der Waals surface area contributed by atoms with E-state index >= 15 is 0 Å². The molecule has 0 aromatic carbocycles. The number of esters is 1. The van der Waals surface area contributed by atoms with Crippen LogP contribution in [0.2, 0.25) is 0 Å². The van der Waals surface area contributed by atoms with Gasteiger partial charge in [0, 0.05) is 32.0 Å². The summed E-state index contributed by atoms with van der Waals surface area (Å²) in [4.78, 5) is 31.0. The first kappa shape index (κ1) is 18.4. The van der Waals surface area contributed by atoms with Crippen LogP contribution in [0.5, 0.6) is 0 Å². The Morgan fingerprint density at radius 1 is 1.37 bits per heavy atom. The Balaban J connectivity index is 1.42. The number of hydrogen-bond donors (Lipinski definition) is 1. The average Bonchev–Trinajstić information content (AvgIpc) is 3.36. The van der Waals surface area contributed by atoms with Gasteiger partial charge in [-0.05, 0) is 38.5 Å². The number of nitrogens with one attached hydrogen (secondary N) is 1. The Kier molecular flexibility index (Phi) is 5.19. The summed E-state index contributed by atoms with van der Waals surface area (Å²) in [7, 11) is 0. The van der Waals surface area contributed by atoms with Crippen LogP contribution < -0.4 is 5.32 Å². The highest BCUT2D eigenvalue weighted by atomic mass is 16.5. The van der Waals surface area contributed by atoms with Gasteiger partial charge >= 0.3 is 5.97 Å². The molecule has 27 heavy (non-hydrogen) atoms. The first-order chi connectivity index (χ1) is 13.1. The van der Waals surface area contributed by atoms with Crippen LogP contribution in [0, 0.1) is 5.92 Å². The van der Waals surface area contributed by atoms with Crippen molar-refractivity contribution in [2.24, 2.45) is 5.92 Å². The molecule has 1 spiro atoms. The van der Waals surface area contributed by atoms with Crippen molar-refractivity contribution in [3.63, 3.8) is 0 Å². The third kappa shape index (κ3) is 4.01. The van der Waals surface area contributed by atoms with Crippen LogP contribution in [0.15, 0.2) is 12.4 Å². The Bertz CT molecular complexity index is 692. The van der Waals surface area contributed by atoms with E-state index < -0.39 is 11.7 Å². The molecule has 2 aliphatic heterocycles. The van der Waals surface area contributed by atoms with Crippen LogP contribution in [-0.2, 0) is 31.2 Å². The molecule has 3 aliphatic rings. The number of likely N-dealkylation sites (tertiary alicyclic amines) is 1. The lowest BCUT2D eigenvalue weighted by Crippen LogP contribution is -2.54. The zero-order chi connectivity index (χ0) is 18.9. The number of hydrogen-bond acceptors (Lipinski definition) is 6. The molecule has 148 valence electrons. The van der Waals surface area contributed by atoms with Crippen LogP contribution in [0.25, 0.3) is 0 Å². The molecule has 1 saturated heterocycles. The summed E-state index contributed by atoms with van der Waals surface area (Å²) < 4.78 is 13.5. The van der Waals surface area contributed by atoms with Crippen molar-refractivity contribution in [1.29, 1.82) is 0 Å². The Morgan fingerprint density at radius 2 is 2.15 bits per heavy atom. The van der Waals surface area contributed by atoms with Crippen molar-refractivity contribution in [3.8, 4) is 0 Å². The first-order valence-electron chi connectivity index (χ1n) is 9.95. The smallest absolute Gasteiger partial charge is 0.320 e. The topological polar surface area (TPSA) is 85.7 Å². The normalized spacial score (nSPS) is 24.4. The molecular weight excluding hydrogens is 348 g/mol. The second kappa shape index (κ2) is 7.59. The summed E-state index contributed by atoms with van der Waals surface area (Å²) in [5, 5.41) is 3.04. The van der Waals surface area contributed by atoms with E-state index in [1.165, 1.54) is 12.8 Å². The zero-order valence-electron chi connectivity index (χ0n) is 15.9. The lowest BCUT2D eigenvalue weighted by atomic mass is 9.88. The molecule has 3 heterocycles. The van der Waals surface area contributed by atoms with Gasteiger partial charge in [-0.3, -0.25) is 14.5 Å². The predicted octanol–water partition coefficient (Wildman–Crippen LogP) is 0.662. The van der Waals surface area contributed by atoms with Gasteiger partial charge in [0.25, 0.3) is 5.91 Å². The SMILES string of the molecule is CCOC(=O)CN1CCC2(CC1)O[C@H](C(=O)NCC1CC1)Cn1ccnc12. The minimum Gasteiger partial charge on any atom is -0.465 e. The monoisotopic (exact) mass is 376 g/mol. The van der Waals surface area contributed by atoms with Crippen molar-refractivity contribution in [2.75, 3.05) is 32.8 Å². The number of nitrogens with zero attached hydrogens (tertiary/aromatic N) is 3. The fourth-order valence-corrected chi connectivity index (χ4v) is 4.02. The van der Waals surface area contributed by atoms with Crippen molar-refractivity contribution in [1.82, 2.24) is 19.8 Å². The number of carbonyl (C=O) groups is 2. The number of ether oxygens (including phenoxy) is 2. The maximum Gasteiger partial charge on any atom is 0.320 e. The van der Waals surface area contributed by atoms with Crippen LogP contribution >= 0.6 is 0 Å². The largest absolute Gasteiger partial charge is 0.465 e. The third-order valence-corrected chi connectivity index (χ3v) is 5.73. The number of amides is 1. The molecule has 2 fully saturated rings.